The molecule has 6 heteroatoms. The van der Waals surface area contributed by atoms with Gasteiger partial charge in [0.05, 0.1) is 18.9 Å². The van der Waals surface area contributed by atoms with Crippen molar-refractivity contribution >= 4 is 17.3 Å². The number of hydrogen-bond acceptors (Lipinski definition) is 5. The number of nitrogen functional groups attached to an aromatic ring is 1. The molecule has 1 amide bonds. The van der Waals surface area contributed by atoms with Gasteiger partial charge in [-0.25, -0.2) is 0 Å². The molecule has 0 aromatic heterocycles. The number of ether oxygens (including phenoxy) is 2. The number of hydrogen-bond donors (Lipinski definition) is 1. The van der Waals surface area contributed by atoms with Crippen LogP contribution < -0.4 is 15.4 Å². The monoisotopic (exact) mass is 291 g/mol. The van der Waals surface area contributed by atoms with E-state index in [1.165, 1.54) is 0 Å². The molecule has 0 aliphatic carbocycles. The van der Waals surface area contributed by atoms with E-state index in [0.29, 0.717) is 23.7 Å². The molecular formula is C15H21N3O3. The smallest absolute Gasteiger partial charge is 0.267 e. The molecular weight excluding hydrogens is 270 g/mol. The summed E-state index contributed by atoms with van der Waals surface area (Å²) in [6, 6.07) is 5.50. The maximum Gasteiger partial charge on any atom is 0.267 e. The Bertz CT molecular complexity index is 529. The Hall–Kier alpha value is -1.79. The minimum absolute atomic E-state index is 0.0336. The third kappa shape index (κ3) is 2.82. The maximum absolute atomic E-state index is 12.4. The van der Waals surface area contributed by atoms with Crippen molar-refractivity contribution in [2.24, 2.45) is 0 Å². The predicted molar refractivity (Wildman–Crippen MR) is 80.6 cm³/mol. The molecule has 2 aliphatic rings. The topological polar surface area (TPSA) is 68.0 Å². The van der Waals surface area contributed by atoms with Crippen molar-refractivity contribution in [1.29, 1.82) is 0 Å². The summed E-state index contributed by atoms with van der Waals surface area (Å²) in [7, 11) is 0. The molecule has 3 rings (SSSR count). The highest BCUT2D eigenvalue weighted by molar-refractivity contribution is 6.02. The van der Waals surface area contributed by atoms with Crippen molar-refractivity contribution < 1.29 is 14.3 Å². The van der Waals surface area contributed by atoms with Gasteiger partial charge >= 0.3 is 0 Å². The van der Waals surface area contributed by atoms with Crippen LogP contribution in [0.5, 0.6) is 5.75 Å². The van der Waals surface area contributed by atoms with Gasteiger partial charge < -0.3 is 20.1 Å². The number of morpholine rings is 1. The van der Waals surface area contributed by atoms with E-state index in [-0.39, 0.29) is 5.91 Å². The fourth-order valence-corrected chi connectivity index (χ4v) is 2.78. The Morgan fingerprint density at radius 3 is 2.81 bits per heavy atom. The summed E-state index contributed by atoms with van der Waals surface area (Å²) >= 11 is 0. The Balaban J connectivity index is 1.78. The van der Waals surface area contributed by atoms with Gasteiger partial charge in [0.1, 0.15) is 11.4 Å². The van der Waals surface area contributed by atoms with Crippen molar-refractivity contribution in [2.75, 3.05) is 50.0 Å². The molecule has 1 aromatic rings. The Labute approximate surface area is 124 Å². The van der Waals surface area contributed by atoms with E-state index in [4.69, 9.17) is 15.2 Å². The number of nitrogens with two attached hydrogens (primary N) is 1. The van der Waals surface area contributed by atoms with Crippen LogP contribution in [0.4, 0.5) is 11.4 Å². The highest BCUT2D eigenvalue weighted by atomic mass is 16.5. The van der Waals surface area contributed by atoms with Crippen LogP contribution in [-0.2, 0) is 9.53 Å². The first-order valence-corrected chi connectivity index (χ1v) is 7.33. The summed E-state index contributed by atoms with van der Waals surface area (Å²) in [5.41, 5.74) is 7.32. The molecule has 2 N–H and O–H groups in total. The van der Waals surface area contributed by atoms with Gasteiger partial charge in [0.2, 0.25) is 0 Å². The standard InChI is InChI=1S/C15H21N3O3/c1-11-15(19)18(6-5-17-7-9-20-10-8-17)14-12(16)3-2-4-13(14)21-11/h2-4,11H,5-10,16H2,1H3. The van der Waals surface area contributed by atoms with Gasteiger partial charge in [-0.05, 0) is 19.1 Å². The number of para-hydroxylation sites is 1. The SMILES string of the molecule is CC1Oc2cccc(N)c2N(CCN2CCOCC2)C1=O. The number of anilines is 2. The zero-order valence-corrected chi connectivity index (χ0v) is 12.2. The lowest BCUT2D eigenvalue weighted by Crippen LogP contribution is -2.49. The second-order valence-corrected chi connectivity index (χ2v) is 5.40. The molecule has 0 spiro atoms. The van der Waals surface area contributed by atoms with Crippen LogP contribution in [0.1, 0.15) is 6.92 Å². The molecule has 1 unspecified atom stereocenters. The highest BCUT2D eigenvalue weighted by Crippen LogP contribution is 2.38. The maximum atomic E-state index is 12.4. The molecule has 1 atom stereocenters. The lowest BCUT2D eigenvalue weighted by atomic mass is 10.1. The number of amides is 1. The van der Waals surface area contributed by atoms with Crippen LogP contribution in [0.15, 0.2) is 18.2 Å². The van der Waals surface area contributed by atoms with E-state index >= 15 is 0 Å². The molecule has 2 aliphatic heterocycles. The van der Waals surface area contributed by atoms with E-state index in [1.54, 1.807) is 17.9 Å². The van der Waals surface area contributed by atoms with Gasteiger partial charge in [-0.15, -0.1) is 0 Å². The molecule has 21 heavy (non-hydrogen) atoms. The van der Waals surface area contributed by atoms with Gasteiger partial charge in [0.15, 0.2) is 6.10 Å². The number of nitrogens with zero attached hydrogens (tertiary/aromatic N) is 2. The second-order valence-electron chi connectivity index (χ2n) is 5.40. The van der Waals surface area contributed by atoms with E-state index in [1.807, 2.05) is 12.1 Å². The minimum Gasteiger partial charge on any atom is -0.479 e. The van der Waals surface area contributed by atoms with Crippen molar-refractivity contribution in [1.82, 2.24) is 4.90 Å². The third-order valence-electron chi connectivity index (χ3n) is 3.96. The summed E-state index contributed by atoms with van der Waals surface area (Å²) < 4.78 is 11.0. The van der Waals surface area contributed by atoms with Crippen molar-refractivity contribution in [3.05, 3.63) is 18.2 Å². The predicted octanol–water partition coefficient (Wildman–Crippen LogP) is 0.715. The molecule has 2 heterocycles. The fourth-order valence-electron chi connectivity index (χ4n) is 2.78. The van der Waals surface area contributed by atoms with E-state index < -0.39 is 6.10 Å². The van der Waals surface area contributed by atoms with Crippen LogP contribution in [-0.4, -0.2) is 56.3 Å². The number of benzene rings is 1. The number of fused-ring (bicyclic) bond motifs is 1. The third-order valence-corrected chi connectivity index (χ3v) is 3.96. The van der Waals surface area contributed by atoms with Crippen LogP contribution in [0.3, 0.4) is 0 Å². The Morgan fingerprint density at radius 2 is 2.05 bits per heavy atom. The lowest BCUT2D eigenvalue weighted by Gasteiger charge is -2.35. The van der Waals surface area contributed by atoms with Gasteiger partial charge in [-0.3, -0.25) is 9.69 Å². The summed E-state index contributed by atoms with van der Waals surface area (Å²) in [5, 5.41) is 0. The van der Waals surface area contributed by atoms with Gasteiger partial charge in [-0.1, -0.05) is 6.07 Å². The summed E-state index contributed by atoms with van der Waals surface area (Å²) in [5.74, 6) is 0.651. The minimum atomic E-state index is -0.469. The summed E-state index contributed by atoms with van der Waals surface area (Å²) in [6.45, 7) is 6.54. The average molecular weight is 291 g/mol. The molecule has 114 valence electrons. The summed E-state index contributed by atoms with van der Waals surface area (Å²) in [6.07, 6.45) is -0.469. The second kappa shape index (κ2) is 5.91. The summed E-state index contributed by atoms with van der Waals surface area (Å²) in [4.78, 5) is 16.5. The van der Waals surface area contributed by atoms with Crippen LogP contribution in [0.25, 0.3) is 0 Å². The highest BCUT2D eigenvalue weighted by Gasteiger charge is 2.33. The first-order chi connectivity index (χ1) is 10.2. The van der Waals surface area contributed by atoms with E-state index in [9.17, 15) is 4.79 Å². The van der Waals surface area contributed by atoms with Crippen molar-refractivity contribution in [3.8, 4) is 5.75 Å². The van der Waals surface area contributed by atoms with Gasteiger partial charge in [0.25, 0.3) is 5.91 Å². The van der Waals surface area contributed by atoms with E-state index in [2.05, 4.69) is 4.90 Å². The van der Waals surface area contributed by atoms with Gasteiger partial charge in [-0.2, -0.15) is 0 Å². The van der Waals surface area contributed by atoms with Crippen molar-refractivity contribution in [2.45, 2.75) is 13.0 Å². The van der Waals surface area contributed by atoms with E-state index in [0.717, 1.165) is 32.8 Å². The quantitative estimate of drug-likeness (QED) is 0.831. The molecule has 0 bridgehead atoms. The van der Waals surface area contributed by atoms with Crippen LogP contribution in [0.2, 0.25) is 0 Å². The van der Waals surface area contributed by atoms with Gasteiger partial charge in [0, 0.05) is 26.2 Å². The first-order valence-electron chi connectivity index (χ1n) is 7.33. The molecule has 1 saturated heterocycles. The zero-order valence-electron chi connectivity index (χ0n) is 12.2. The van der Waals surface area contributed by atoms with Crippen molar-refractivity contribution in [3.63, 3.8) is 0 Å². The normalized spacial score (nSPS) is 22.8. The Kier molecular flexibility index (Phi) is 3.98. The van der Waals surface area contributed by atoms with Crippen LogP contribution in [0, 0.1) is 0 Å². The number of carbonyl (C=O) groups is 1. The molecule has 0 saturated carbocycles. The average Bonchev–Trinajstić information content (AvgIpc) is 2.49. The fraction of sp³-hybridized carbons (Fsp3) is 0.533. The number of rotatable bonds is 3. The molecule has 6 nitrogen and oxygen atoms in total. The van der Waals surface area contributed by atoms with Crippen LogP contribution >= 0.6 is 0 Å². The molecule has 0 radical (unpaired) electrons. The lowest BCUT2D eigenvalue weighted by molar-refractivity contribution is -0.125. The number of carbonyl (C=O) groups excluding carboxylic acids is 1. The molecule has 1 fully saturated rings. The largest absolute Gasteiger partial charge is 0.479 e. The Morgan fingerprint density at radius 1 is 1.29 bits per heavy atom. The zero-order chi connectivity index (χ0) is 14.8. The molecule has 1 aromatic carbocycles. The first kappa shape index (κ1) is 14.2.